The van der Waals surface area contributed by atoms with Crippen LogP contribution >= 0.6 is 0 Å². The van der Waals surface area contributed by atoms with Gasteiger partial charge in [0.1, 0.15) is 12.6 Å². The largest absolute Gasteiger partial charge is 0.352 e. The Morgan fingerprint density at radius 2 is 1.37 bits per heavy atom. The summed E-state index contributed by atoms with van der Waals surface area (Å²) in [5.41, 5.74) is 1.41. The molecule has 0 radical (unpaired) electrons. The van der Waals surface area contributed by atoms with E-state index in [0.29, 0.717) is 18.5 Å². The number of amides is 2. The zero-order chi connectivity index (χ0) is 27.5. The molecule has 3 aromatic carbocycles. The third-order valence-electron chi connectivity index (χ3n) is 6.53. The summed E-state index contributed by atoms with van der Waals surface area (Å²) in [4.78, 5) is 28.8. The maximum atomic E-state index is 13.9. The van der Waals surface area contributed by atoms with E-state index >= 15 is 0 Å². The second-order valence-corrected chi connectivity index (χ2v) is 11.1. The lowest BCUT2D eigenvalue weighted by Crippen LogP contribution is -2.54. The van der Waals surface area contributed by atoms with E-state index < -0.39 is 28.5 Å². The molecule has 38 heavy (non-hydrogen) atoms. The van der Waals surface area contributed by atoms with Crippen molar-refractivity contribution in [3.05, 3.63) is 96.6 Å². The first-order valence-electron chi connectivity index (χ1n) is 13.0. The molecule has 0 spiro atoms. The molecule has 0 aromatic heterocycles. The number of rotatable bonds is 13. The molecular weight excluding hydrogens is 498 g/mol. The van der Waals surface area contributed by atoms with Crippen molar-refractivity contribution in [2.75, 3.05) is 17.4 Å². The number of nitrogens with one attached hydrogen (secondary N) is 1. The highest BCUT2D eigenvalue weighted by molar-refractivity contribution is 7.92. The summed E-state index contributed by atoms with van der Waals surface area (Å²) in [5, 5.41) is 2.99. The summed E-state index contributed by atoms with van der Waals surface area (Å²) >= 11 is 0. The highest BCUT2D eigenvalue weighted by Crippen LogP contribution is 2.24. The van der Waals surface area contributed by atoms with Crippen molar-refractivity contribution in [1.29, 1.82) is 0 Å². The van der Waals surface area contributed by atoms with Gasteiger partial charge in [-0.05, 0) is 56.0 Å². The number of carbonyl (C=O) groups excluding carboxylic acids is 2. The summed E-state index contributed by atoms with van der Waals surface area (Å²) in [6.45, 7) is 5.62. The molecule has 8 heteroatoms. The van der Waals surface area contributed by atoms with E-state index in [1.807, 2.05) is 51.1 Å². The second kappa shape index (κ2) is 13.8. The monoisotopic (exact) mass is 535 g/mol. The van der Waals surface area contributed by atoms with Gasteiger partial charge in [0.05, 0.1) is 10.6 Å². The van der Waals surface area contributed by atoms with Crippen LogP contribution in [0, 0.1) is 0 Å². The van der Waals surface area contributed by atoms with Crippen molar-refractivity contribution >= 4 is 27.5 Å². The van der Waals surface area contributed by atoms with Crippen LogP contribution in [0.15, 0.2) is 95.9 Å². The first-order chi connectivity index (χ1) is 18.3. The fraction of sp³-hybridized carbons (Fsp3) is 0.333. The average molecular weight is 536 g/mol. The molecule has 2 atom stereocenters. The Hall–Kier alpha value is -3.65. The molecule has 0 fully saturated rings. The minimum absolute atomic E-state index is 0.0399. The quantitative estimate of drug-likeness (QED) is 0.345. The van der Waals surface area contributed by atoms with E-state index in [0.717, 1.165) is 16.3 Å². The summed E-state index contributed by atoms with van der Waals surface area (Å²) < 4.78 is 28.5. The van der Waals surface area contributed by atoms with Crippen molar-refractivity contribution in [3.63, 3.8) is 0 Å². The topological polar surface area (TPSA) is 86.8 Å². The lowest BCUT2D eigenvalue weighted by Gasteiger charge is -2.33. The van der Waals surface area contributed by atoms with Crippen LogP contribution < -0.4 is 9.62 Å². The standard InChI is InChI=1S/C30H37N3O4S/c1-4-24(3)31-30(35)28(5-2)32(22-21-25-15-9-6-10-16-25)29(34)23-33(26-17-11-7-12-18-26)38(36,37)27-19-13-8-14-20-27/h6-20,24,28H,4-5,21-23H2,1-3H3,(H,31,35)/t24-,28-/m1/s1. The number of benzene rings is 3. The van der Waals surface area contributed by atoms with E-state index in [-0.39, 0.29) is 23.4 Å². The van der Waals surface area contributed by atoms with Crippen molar-refractivity contribution in [2.24, 2.45) is 0 Å². The van der Waals surface area contributed by atoms with Crippen LogP contribution in [-0.2, 0) is 26.0 Å². The van der Waals surface area contributed by atoms with Crippen molar-refractivity contribution in [2.45, 2.75) is 57.0 Å². The SMILES string of the molecule is CC[C@@H](C)NC(=O)[C@@H](CC)N(CCc1ccccc1)C(=O)CN(c1ccccc1)S(=O)(=O)c1ccccc1. The molecule has 0 aliphatic carbocycles. The number of nitrogens with zero attached hydrogens (tertiary/aromatic N) is 2. The summed E-state index contributed by atoms with van der Waals surface area (Å²) in [6, 6.07) is 25.6. The Morgan fingerprint density at radius 3 is 1.92 bits per heavy atom. The highest BCUT2D eigenvalue weighted by atomic mass is 32.2. The lowest BCUT2D eigenvalue weighted by molar-refractivity contribution is -0.139. The number of sulfonamides is 1. The van der Waals surface area contributed by atoms with Gasteiger partial charge in [0.2, 0.25) is 11.8 Å². The van der Waals surface area contributed by atoms with Gasteiger partial charge in [-0.25, -0.2) is 8.42 Å². The van der Waals surface area contributed by atoms with Gasteiger partial charge >= 0.3 is 0 Å². The summed E-state index contributed by atoms with van der Waals surface area (Å²) in [7, 11) is -4.04. The Balaban J connectivity index is 1.96. The molecule has 0 unspecified atom stereocenters. The van der Waals surface area contributed by atoms with Crippen LogP contribution in [0.2, 0.25) is 0 Å². The molecule has 7 nitrogen and oxygen atoms in total. The predicted octanol–water partition coefficient (Wildman–Crippen LogP) is 4.65. The van der Waals surface area contributed by atoms with Crippen LogP contribution in [-0.4, -0.2) is 50.3 Å². The van der Waals surface area contributed by atoms with Gasteiger partial charge in [-0.15, -0.1) is 0 Å². The Bertz CT molecular complexity index is 1270. The van der Waals surface area contributed by atoms with Crippen molar-refractivity contribution < 1.29 is 18.0 Å². The fourth-order valence-electron chi connectivity index (χ4n) is 4.18. The maximum Gasteiger partial charge on any atom is 0.264 e. The Morgan fingerprint density at radius 1 is 0.816 bits per heavy atom. The smallest absolute Gasteiger partial charge is 0.264 e. The maximum absolute atomic E-state index is 13.9. The third-order valence-corrected chi connectivity index (χ3v) is 8.31. The van der Waals surface area contributed by atoms with E-state index in [9.17, 15) is 18.0 Å². The second-order valence-electron chi connectivity index (χ2n) is 9.22. The van der Waals surface area contributed by atoms with E-state index in [1.54, 1.807) is 48.5 Å². The molecule has 0 heterocycles. The minimum atomic E-state index is -4.04. The van der Waals surface area contributed by atoms with E-state index in [4.69, 9.17) is 0 Å². The molecule has 3 rings (SSSR count). The zero-order valence-corrected chi connectivity index (χ0v) is 23.1. The molecule has 202 valence electrons. The number of hydrogen-bond donors (Lipinski definition) is 1. The van der Waals surface area contributed by atoms with Crippen LogP contribution in [0.25, 0.3) is 0 Å². The number of para-hydroxylation sites is 1. The molecule has 3 aromatic rings. The number of anilines is 1. The molecule has 2 amide bonds. The Labute approximate surface area is 226 Å². The van der Waals surface area contributed by atoms with Crippen LogP contribution in [0.5, 0.6) is 0 Å². The van der Waals surface area contributed by atoms with Gasteiger partial charge in [0, 0.05) is 12.6 Å². The summed E-state index contributed by atoms with van der Waals surface area (Å²) in [6.07, 6.45) is 1.70. The van der Waals surface area contributed by atoms with Crippen LogP contribution in [0.1, 0.15) is 39.2 Å². The minimum Gasteiger partial charge on any atom is -0.352 e. The van der Waals surface area contributed by atoms with Gasteiger partial charge in [-0.1, -0.05) is 80.6 Å². The van der Waals surface area contributed by atoms with Gasteiger partial charge in [0.25, 0.3) is 10.0 Å². The van der Waals surface area contributed by atoms with E-state index in [1.165, 1.54) is 17.0 Å². The molecule has 0 saturated heterocycles. The molecule has 0 saturated carbocycles. The van der Waals surface area contributed by atoms with Gasteiger partial charge < -0.3 is 10.2 Å². The molecule has 1 N–H and O–H groups in total. The first kappa shape index (κ1) is 28.9. The van der Waals surface area contributed by atoms with Crippen LogP contribution in [0.4, 0.5) is 5.69 Å². The van der Waals surface area contributed by atoms with Gasteiger partial charge in [0.15, 0.2) is 0 Å². The average Bonchev–Trinajstić information content (AvgIpc) is 2.95. The zero-order valence-electron chi connectivity index (χ0n) is 22.3. The van der Waals surface area contributed by atoms with Crippen molar-refractivity contribution in [1.82, 2.24) is 10.2 Å². The predicted molar refractivity (Wildman–Crippen MR) is 151 cm³/mol. The Kier molecular flexibility index (Phi) is 10.5. The normalized spacial score (nSPS) is 12.8. The highest BCUT2D eigenvalue weighted by Gasteiger charge is 2.33. The van der Waals surface area contributed by atoms with Gasteiger partial charge in [-0.3, -0.25) is 13.9 Å². The summed E-state index contributed by atoms with van der Waals surface area (Å²) in [5.74, 6) is -0.670. The number of hydrogen-bond acceptors (Lipinski definition) is 4. The van der Waals surface area contributed by atoms with Crippen molar-refractivity contribution in [3.8, 4) is 0 Å². The molecule has 0 bridgehead atoms. The lowest BCUT2D eigenvalue weighted by atomic mass is 10.1. The fourth-order valence-corrected chi connectivity index (χ4v) is 5.61. The molecule has 0 aliphatic heterocycles. The van der Waals surface area contributed by atoms with Gasteiger partial charge in [-0.2, -0.15) is 0 Å². The first-order valence-corrected chi connectivity index (χ1v) is 14.5. The van der Waals surface area contributed by atoms with E-state index in [2.05, 4.69) is 5.32 Å². The number of carbonyl (C=O) groups is 2. The third kappa shape index (κ3) is 7.44. The molecular formula is C30H37N3O4S. The molecule has 0 aliphatic rings. The van der Waals surface area contributed by atoms with Crippen LogP contribution in [0.3, 0.4) is 0 Å².